The van der Waals surface area contributed by atoms with Crippen LogP contribution in [0.25, 0.3) is 0 Å². The maximum atomic E-state index is 10.9. The zero-order chi connectivity index (χ0) is 10.4. The van der Waals surface area contributed by atoms with Crippen molar-refractivity contribution in [2.24, 2.45) is 17.4 Å². The maximum absolute atomic E-state index is 10.9. The first kappa shape index (κ1) is 11.9. The number of ether oxygens (including phenoxy) is 1. The van der Waals surface area contributed by atoms with E-state index in [9.17, 15) is 9.59 Å². The van der Waals surface area contributed by atoms with E-state index in [0.29, 0.717) is 5.92 Å². The summed E-state index contributed by atoms with van der Waals surface area (Å²) in [6.07, 6.45) is 0.747. The topological polar surface area (TPSA) is 95.4 Å². The van der Waals surface area contributed by atoms with Crippen LogP contribution in [0.2, 0.25) is 0 Å². The third-order valence-electron chi connectivity index (χ3n) is 1.50. The fraction of sp³-hybridized carbons (Fsp3) is 0.750. The SMILES string of the molecule is CC(C)CCOC(=O)C(N)C(N)=O. The maximum Gasteiger partial charge on any atom is 0.332 e. The van der Waals surface area contributed by atoms with E-state index in [1.54, 1.807) is 0 Å². The fourth-order valence-electron chi connectivity index (χ4n) is 0.601. The average Bonchev–Trinajstić information content (AvgIpc) is 2.02. The molecule has 1 atom stereocenters. The van der Waals surface area contributed by atoms with Crippen LogP contribution in [0.4, 0.5) is 0 Å². The molecule has 0 saturated heterocycles. The Kier molecular flexibility index (Phi) is 5.06. The van der Waals surface area contributed by atoms with Crippen LogP contribution in [0.1, 0.15) is 20.3 Å². The van der Waals surface area contributed by atoms with Crippen molar-refractivity contribution in [3.05, 3.63) is 0 Å². The van der Waals surface area contributed by atoms with Gasteiger partial charge >= 0.3 is 5.97 Å². The van der Waals surface area contributed by atoms with Crippen LogP contribution in [0.3, 0.4) is 0 Å². The van der Waals surface area contributed by atoms with Crippen LogP contribution in [0.15, 0.2) is 0 Å². The molecule has 4 N–H and O–H groups in total. The molecule has 5 heteroatoms. The summed E-state index contributed by atoms with van der Waals surface area (Å²) >= 11 is 0. The van der Waals surface area contributed by atoms with Crippen molar-refractivity contribution in [3.8, 4) is 0 Å². The Morgan fingerprint density at radius 1 is 1.38 bits per heavy atom. The van der Waals surface area contributed by atoms with Crippen LogP contribution >= 0.6 is 0 Å². The molecule has 13 heavy (non-hydrogen) atoms. The van der Waals surface area contributed by atoms with Gasteiger partial charge in [0.1, 0.15) is 0 Å². The highest BCUT2D eigenvalue weighted by Gasteiger charge is 2.20. The highest BCUT2D eigenvalue weighted by Crippen LogP contribution is 1.99. The van der Waals surface area contributed by atoms with Crippen molar-refractivity contribution in [2.75, 3.05) is 6.61 Å². The van der Waals surface area contributed by atoms with E-state index in [4.69, 9.17) is 16.2 Å². The third-order valence-corrected chi connectivity index (χ3v) is 1.50. The molecule has 0 aromatic heterocycles. The van der Waals surface area contributed by atoms with Crippen LogP contribution in [0.5, 0.6) is 0 Å². The molecule has 1 amide bonds. The van der Waals surface area contributed by atoms with Gasteiger partial charge in [-0.25, -0.2) is 4.79 Å². The molecule has 0 spiro atoms. The summed E-state index contributed by atoms with van der Waals surface area (Å²) in [7, 11) is 0. The molecule has 1 unspecified atom stereocenters. The molecule has 0 aromatic rings. The summed E-state index contributed by atoms with van der Waals surface area (Å²) in [6.45, 7) is 4.28. The zero-order valence-corrected chi connectivity index (χ0v) is 7.95. The molecular weight excluding hydrogens is 172 g/mol. The van der Waals surface area contributed by atoms with Gasteiger partial charge in [-0.3, -0.25) is 4.79 Å². The molecule has 0 radical (unpaired) electrons. The number of carbonyl (C=O) groups excluding carboxylic acids is 2. The van der Waals surface area contributed by atoms with E-state index in [1.807, 2.05) is 13.8 Å². The van der Waals surface area contributed by atoms with E-state index in [0.717, 1.165) is 6.42 Å². The number of carbonyl (C=O) groups is 2. The summed E-state index contributed by atoms with van der Waals surface area (Å²) in [5, 5.41) is 0. The molecule has 0 saturated carbocycles. The minimum absolute atomic E-state index is 0.275. The standard InChI is InChI=1S/C8H16N2O3/c1-5(2)3-4-13-8(12)6(9)7(10)11/h5-6H,3-4,9H2,1-2H3,(H2,10,11). The predicted molar refractivity (Wildman–Crippen MR) is 47.6 cm³/mol. The Morgan fingerprint density at radius 3 is 2.31 bits per heavy atom. The molecule has 0 bridgehead atoms. The second-order valence-corrected chi connectivity index (χ2v) is 3.23. The van der Waals surface area contributed by atoms with Crippen molar-refractivity contribution in [2.45, 2.75) is 26.3 Å². The normalized spacial score (nSPS) is 12.6. The summed E-state index contributed by atoms with van der Waals surface area (Å²) in [5.74, 6) is -1.18. The molecule has 0 heterocycles. The summed E-state index contributed by atoms with van der Waals surface area (Å²) < 4.78 is 4.71. The lowest BCUT2D eigenvalue weighted by atomic mass is 10.1. The van der Waals surface area contributed by atoms with Gasteiger partial charge in [0.05, 0.1) is 6.61 Å². The summed E-state index contributed by atoms with van der Waals surface area (Å²) in [4.78, 5) is 21.4. The van der Waals surface area contributed by atoms with Crippen molar-refractivity contribution in [1.29, 1.82) is 0 Å². The fourth-order valence-corrected chi connectivity index (χ4v) is 0.601. The van der Waals surface area contributed by atoms with Gasteiger partial charge in [-0.1, -0.05) is 13.8 Å². The van der Waals surface area contributed by atoms with Crippen LogP contribution < -0.4 is 11.5 Å². The van der Waals surface area contributed by atoms with Gasteiger partial charge in [0.2, 0.25) is 5.91 Å². The van der Waals surface area contributed by atoms with Crippen molar-refractivity contribution in [1.82, 2.24) is 0 Å². The first-order valence-electron chi connectivity index (χ1n) is 4.16. The first-order chi connectivity index (χ1) is 5.95. The lowest BCUT2D eigenvalue weighted by molar-refractivity contribution is -0.148. The molecule has 0 fully saturated rings. The lowest BCUT2D eigenvalue weighted by Gasteiger charge is -2.09. The van der Waals surface area contributed by atoms with Crippen molar-refractivity contribution < 1.29 is 14.3 Å². The zero-order valence-electron chi connectivity index (χ0n) is 7.95. The predicted octanol–water partition coefficient (Wildman–Crippen LogP) is -0.612. The van der Waals surface area contributed by atoms with Gasteiger partial charge in [-0.15, -0.1) is 0 Å². The largest absolute Gasteiger partial charge is 0.464 e. The van der Waals surface area contributed by atoms with E-state index in [2.05, 4.69) is 0 Å². The number of nitrogens with two attached hydrogens (primary N) is 2. The Morgan fingerprint density at radius 2 is 1.92 bits per heavy atom. The van der Waals surface area contributed by atoms with Crippen LogP contribution in [0, 0.1) is 5.92 Å². The first-order valence-corrected chi connectivity index (χ1v) is 4.16. The highest BCUT2D eigenvalue weighted by molar-refractivity contribution is 6.00. The number of hydrogen-bond donors (Lipinski definition) is 2. The van der Waals surface area contributed by atoms with Crippen LogP contribution in [-0.2, 0) is 14.3 Å². The smallest absolute Gasteiger partial charge is 0.332 e. The Hall–Kier alpha value is -1.10. The minimum Gasteiger partial charge on any atom is -0.464 e. The van der Waals surface area contributed by atoms with Crippen LogP contribution in [-0.4, -0.2) is 24.5 Å². The van der Waals surface area contributed by atoms with Crippen molar-refractivity contribution in [3.63, 3.8) is 0 Å². The second kappa shape index (κ2) is 5.53. The van der Waals surface area contributed by atoms with E-state index in [-0.39, 0.29) is 6.61 Å². The van der Waals surface area contributed by atoms with Crippen molar-refractivity contribution >= 4 is 11.9 Å². The van der Waals surface area contributed by atoms with Gasteiger partial charge in [0.15, 0.2) is 6.04 Å². The molecule has 0 aliphatic heterocycles. The van der Waals surface area contributed by atoms with Gasteiger partial charge in [0, 0.05) is 0 Å². The Labute approximate surface area is 77.4 Å². The van der Waals surface area contributed by atoms with E-state index < -0.39 is 17.9 Å². The minimum atomic E-state index is -1.34. The molecular formula is C8H16N2O3. The number of primary amides is 1. The quantitative estimate of drug-likeness (QED) is 0.444. The highest BCUT2D eigenvalue weighted by atomic mass is 16.5. The number of hydrogen-bond acceptors (Lipinski definition) is 4. The second-order valence-electron chi connectivity index (χ2n) is 3.23. The molecule has 0 aliphatic carbocycles. The van der Waals surface area contributed by atoms with E-state index >= 15 is 0 Å². The number of esters is 1. The number of rotatable bonds is 5. The molecule has 0 aromatic carbocycles. The Balaban J connectivity index is 3.69. The third kappa shape index (κ3) is 5.19. The molecule has 5 nitrogen and oxygen atoms in total. The number of amides is 1. The average molecular weight is 188 g/mol. The molecule has 0 aliphatic rings. The monoisotopic (exact) mass is 188 g/mol. The Bertz CT molecular complexity index is 192. The summed E-state index contributed by atoms with van der Waals surface area (Å²) in [5.41, 5.74) is 9.93. The van der Waals surface area contributed by atoms with Gasteiger partial charge < -0.3 is 16.2 Å². The van der Waals surface area contributed by atoms with Gasteiger partial charge in [-0.05, 0) is 12.3 Å². The lowest BCUT2D eigenvalue weighted by Crippen LogP contribution is -2.44. The van der Waals surface area contributed by atoms with Gasteiger partial charge in [0.25, 0.3) is 0 Å². The van der Waals surface area contributed by atoms with Gasteiger partial charge in [-0.2, -0.15) is 0 Å². The molecule has 76 valence electrons. The molecule has 0 rings (SSSR count). The van der Waals surface area contributed by atoms with E-state index in [1.165, 1.54) is 0 Å². The summed E-state index contributed by atoms with van der Waals surface area (Å²) in [6, 6.07) is -1.34.